The van der Waals surface area contributed by atoms with Gasteiger partial charge in [-0.2, -0.15) is 0 Å². The van der Waals surface area contributed by atoms with Gasteiger partial charge in [-0.1, -0.05) is 127 Å². The van der Waals surface area contributed by atoms with Gasteiger partial charge in [0.2, 0.25) is 0 Å². The Labute approximate surface area is 345 Å². The van der Waals surface area contributed by atoms with Gasteiger partial charge in [-0.05, 0) is 123 Å². The molecule has 4 nitrogen and oxygen atoms in total. The molecule has 0 saturated carbocycles. The van der Waals surface area contributed by atoms with Crippen LogP contribution in [-0.2, 0) is 0 Å². The zero-order valence-electron chi connectivity index (χ0n) is 32.5. The van der Waals surface area contributed by atoms with Crippen LogP contribution in [0.1, 0.15) is 0 Å². The van der Waals surface area contributed by atoms with E-state index in [1.54, 1.807) is 0 Å². The number of para-hydroxylation sites is 2. The summed E-state index contributed by atoms with van der Waals surface area (Å²) in [5.74, 6) is 6.76. The van der Waals surface area contributed by atoms with Crippen molar-refractivity contribution in [2.45, 2.75) is 0 Å². The summed E-state index contributed by atoms with van der Waals surface area (Å²) in [4.78, 5) is 0. The van der Waals surface area contributed by atoms with E-state index in [4.69, 9.17) is 5.84 Å². The Morgan fingerprint density at radius 1 is 0.283 bits per heavy atom. The zero-order valence-corrected chi connectivity index (χ0v) is 32.5. The molecular formula is C56H36N4. The molecule has 0 aliphatic carbocycles. The quantitative estimate of drug-likeness (QED) is 0.178. The van der Waals surface area contributed by atoms with Gasteiger partial charge in [-0.3, -0.25) is 4.68 Å². The van der Waals surface area contributed by atoms with E-state index < -0.39 is 0 Å². The summed E-state index contributed by atoms with van der Waals surface area (Å²) in [5.41, 5.74) is 13.8. The van der Waals surface area contributed by atoms with Gasteiger partial charge in [0.05, 0.1) is 33.1 Å². The van der Waals surface area contributed by atoms with E-state index in [-0.39, 0.29) is 0 Å². The number of nitrogens with zero attached hydrogens (tertiary/aromatic N) is 3. The first kappa shape index (κ1) is 32.9. The van der Waals surface area contributed by atoms with Gasteiger partial charge < -0.3 is 15.0 Å². The van der Waals surface area contributed by atoms with Gasteiger partial charge >= 0.3 is 0 Å². The van der Waals surface area contributed by atoms with E-state index in [0.29, 0.717) is 0 Å². The molecule has 60 heavy (non-hydrogen) atoms. The molecule has 10 aromatic carbocycles. The van der Waals surface area contributed by atoms with Crippen LogP contribution in [0.15, 0.2) is 206 Å². The summed E-state index contributed by atoms with van der Waals surface area (Å²) >= 11 is 0. The van der Waals surface area contributed by atoms with Crippen LogP contribution in [0.2, 0.25) is 0 Å². The molecule has 0 bridgehead atoms. The standard InChI is InChI=1S/C56H36N4/c57-60-50-28-25-39(32-48(50)56-43-19-10-9-12-35(43)23-29-52(56)60)38-24-27-49-47(31-38)55-44(20-11-21-51(55)58(49)41-15-3-1-4-16-41)40-22-26-45-46-30-36-13-7-8-14-37(36)33-54(46)59(53(45)34-40)42-17-5-2-6-18-42/h1-34H,57H2. The Hall–Kier alpha value is -8.08. The van der Waals surface area contributed by atoms with Crippen LogP contribution in [-0.4, -0.2) is 13.8 Å². The van der Waals surface area contributed by atoms with Crippen molar-refractivity contribution in [2.75, 3.05) is 5.84 Å². The largest absolute Gasteiger partial charge is 0.339 e. The smallest absolute Gasteiger partial charge is 0.0710 e. The highest BCUT2D eigenvalue weighted by atomic mass is 15.3. The van der Waals surface area contributed by atoms with Crippen LogP contribution in [0.4, 0.5) is 0 Å². The van der Waals surface area contributed by atoms with E-state index >= 15 is 0 Å². The van der Waals surface area contributed by atoms with Gasteiger partial charge in [0.25, 0.3) is 0 Å². The molecule has 0 spiro atoms. The number of aromatic nitrogens is 3. The van der Waals surface area contributed by atoms with Crippen LogP contribution in [0, 0.1) is 0 Å². The number of rotatable bonds is 4. The number of nitrogens with two attached hydrogens (primary N) is 1. The van der Waals surface area contributed by atoms with Crippen molar-refractivity contribution in [1.29, 1.82) is 0 Å². The fourth-order valence-electron chi connectivity index (χ4n) is 10.1. The average molecular weight is 765 g/mol. The highest BCUT2D eigenvalue weighted by molar-refractivity contribution is 6.22. The van der Waals surface area contributed by atoms with Gasteiger partial charge in [0, 0.05) is 43.7 Å². The van der Waals surface area contributed by atoms with E-state index in [9.17, 15) is 0 Å². The molecule has 0 aliphatic heterocycles. The Bertz CT molecular complexity index is 3890. The molecule has 0 atom stereocenters. The number of hydrogen-bond acceptors (Lipinski definition) is 1. The lowest BCUT2D eigenvalue weighted by atomic mass is 9.96. The maximum Gasteiger partial charge on any atom is 0.0710 e. The van der Waals surface area contributed by atoms with Crippen molar-refractivity contribution in [3.05, 3.63) is 206 Å². The molecule has 3 aromatic heterocycles. The van der Waals surface area contributed by atoms with E-state index in [2.05, 4.69) is 215 Å². The maximum atomic E-state index is 6.76. The summed E-state index contributed by atoms with van der Waals surface area (Å²) < 4.78 is 6.68. The van der Waals surface area contributed by atoms with Crippen molar-refractivity contribution in [2.24, 2.45) is 0 Å². The summed E-state index contributed by atoms with van der Waals surface area (Å²) in [7, 11) is 0. The van der Waals surface area contributed by atoms with E-state index in [1.165, 1.54) is 81.7 Å². The van der Waals surface area contributed by atoms with E-state index in [1.807, 2.05) is 4.68 Å². The highest BCUT2D eigenvalue weighted by Crippen LogP contribution is 2.43. The first-order valence-electron chi connectivity index (χ1n) is 20.5. The predicted octanol–water partition coefficient (Wildman–Crippen LogP) is 14.3. The molecule has 0 fully saturated rings. The minimum atomic E-state index is 1.02. The molecule has 13 rings (SSSR count). The summed E-state index contributed by atoms with van der Waals surface area (Å²) in [6.07, 6.45) is 0. The van der Waals surface area contributed by atoms with Gasteiger partial charge in [-0.15, -0.1) is 0 Å². The van der Waals surface area contributed by atoms with E-state index in [0.717, 1.165) is 38.9 Å². The second-order valence-electron chi connectivity index (χ2n) is 16.0. The lowest BCUT2D eigenvalue weighted by Gasteiger charge is -2.11. The normalized spacial score (nSPS) is 12.1. The molecule has 3 heterocycles. The molecule has 0 radical (unpaired) electrons. The lowest BCUT2D eigenvalue weighted by molar-refractivity contribution is 1.12. The minimum Gasteiger partial charge on any atom is -0.339 e. The van der Waals surface area contributed by atoms with Crippen LogP contribution >= 0.6 is 0 Å². The van der Waals surface area contributed by atoms with Crippen molar-refractivity contribution in [1.82, 2.24) is 13.8 Å². The van der Waals surface area contributed by atoms with Crippen LogP contribution in [0.5, 0.6) is 0 Å². The van der Waals surface area contributed by atoms with Crippen LogP contribution in [0.25, 0.3) is 121 Å². The second-order valence-corrected chi connectivity index (χ2v) is 16.0. The first-order chi connectivity index (χ1) is 29.7. The number of hydrogen-bond donors (Lipinski definition) is 1. The van der Waals surface area contributed by atoms with Crippen molar-refractivity contribution in [3.8, 4) is 33.6 Å². The molecule has 0 saturated heterocycles. The summed E-state index contributed by atoms with van der Waals surface area (Å²) in [6.45, 7) is 0. The maximum absolute atomic E-state index is 6.76. The van der Waals surface area contributed by atoms with Crippen LogP contribution in [0.3, 0.4) is 0 Å². The molecule has 13 aromatic rings. The Kier molecular flexibility index (Phi) is 6.84. The molecule has 4 heteroatoms. The third-order valence-electron chi connectivity index (χ3n) is 12.8. The lowest BCUT2D eigenvalue weighted by Crippen LogP contribution is -2.06. The third kappa shape index (κ3) is 4.67. The molecular weight excluding hydrogens is 729 g/mol. The molecule has 0 amide bonds. The number of benzene rings is 10. The second kappa shape index (κ2) is 12.5. The minimum absolute atomic E-state index is 1.02. The highest BCUT2D eigenvalue weighted by Gasteiger charge is 2.20. The molecule has 0 unspecified atom stereocenters. The molecule has 280 valence electrons. The monoisotopic (exact) mass is 764 g/mol. The Morgan fingerprint density at radius 3 is 1.62 bits per heavy atom. The zero-order chi connectivity index (χ0) is 39.5. The van der Waals surface area contributed by atoms with Gasteiger partial charge in [-0.25, -0.2) is 0 Å². The fourth-order valence-corrected chi connectivity index (χ4v) is 10.1. The fraction of sp³-hybridized carbons (Fsp3) is 0. The van der Waals surface area contributed by atoms with Crippen molar-refractivity contribution >= 4 is 87.0 Å². The topological polar surface area (TPSA) is 40.8 Å². The first-order valence-corrected chi connectivity index (χ1v) is 20.5. The summed E-state index contributed by atoms with van der Waals surface area (Å²) in [6, 6.07) is 75.3. The molecule has 0 aliphatic rings. The average Bonchev–Trinajstić information content (AvgIpc) is 3.92. The molecule has 2 N–H and O–H groups in total. The van der Waals surface area contributed by atoms with Crippen molar-refractivity contribution in [3.63, 3.8) is 0 Å². The Morgan fingerprint density at radius 2 is 0.867 bits per heavy atom. The number of fused-ring (bicyclic) bond motifs is 12. The Balaban J connectivity index is 1.08. The third-order valence-corrected chi connectivity index (χ3v) is 12.8. The van der Waals surface area contributed by atoms with Gasteiger partial charge in [0.1, 0.15) is 0 Å². The van der Waals surface area contributed by atoms with Crippen molar-refractivity contribution < 1.29 is 0 Å². The van der Waals surface area contributed by atoms with Gasteiger partial charge in [0.15, 0.2) is 0 Å². The predicted molar refractivity (Wildman–Crippen MR) is 254 cm³/mol. The number of nitrogen functional groups attached to an aromatic ring is 1. The van der Waals surface area contributed by atoms with Crippen LogP contribution < -0.4 is 5.84 Å². The SMILES string of the molecule is Nn1c2ccc(-c3ccc4c(c3)c3c(-c5ccc6c7cc8ccccc8cc7n(-c7ccccc7)c6c5)cccc3n4-c3ccccc3)cc2c2c3ccccc3ccc21. The summed E-state index contributed by atoms with van der Waals surface area (Å²) in [5, 5.41) is 12.2.